The fourth-order valence-electron chi connectivity index (χ4n) is 2.96. The predicted molar refractivity (Wildman–Crippen MR) is 129 cm³/mol. The third kappa shape index (κ3) is 6.32. The third-order valence-corrected chi connectivity index (χ3v) is 7.23. The van der Waals surface area contributed by atoms with Crippen molar-refractivity contribution in [3.8, 4) is 5.75 Å². The van der Waals surface area contributed by atoms with Crippen LogP contribution in [0, 0.1) is 0 Å². The van der Waals surface area contributed by atoms with Crippen molar-refractivity contribution in [1.82, 2.24) is 4.31 Å². The largest absolute Gasteiger partial charge is 0.494 e. The van der Waals surface area contributed by atoms with E-state index in [4.69, 9.17) is 16.3 Å². The van der Waals surface area contributed by atoms with Crippen LogP contribution in [0.25, 0.3) is 0 Å². The van der Waals surface area contributed by atoms with Crippen molar-refractivity contribution in [1.29, 1.82) is 0 Å². The average Bonchev–Trinajstić information content (AvgIpc) is 2.76. The van der Waals surface area contributed by atoms with E-state index in [1.54, 1.807) is 60.7 Å². The Morgan fingerprint density at radius 2 is 1.69 bits per heavy atom. The van der Waals surface area contributed by atoms with Gasteiger partial charge >= 0.3 is 0 Å². The maximum Gasteiger partial charge on any atom is 0.243 e. The molecule has 0 aliphatic rings. The zero-order valence-electron chi connectivity index (χ0n) is 17.3. The molecule has 0 aliphatic carbocycles. The van der Waals surface area contributed by atoms with E-state index in [1.165, 1.54) is 12.1 Å². The lowest BCUT2D eigenvalue weighted by atomic mass is 10.2. The summed E-state index contributed by atoms with van der Waals surface area (Å²) in [6.07, 6.45) is 0. The highest BCUT2D eigenvalue weighted by molar-refractivity contribution is 9.10. The molecule has 0 spiro atoms. The predicted octanol–water partition coefficient (Wildman–Crippen LogP) is 5.33. The Morgan fingerprint density at radius 3 is 2.31 bits per heavy atom. The van der Waals surface area contributed by atoms with Crippen molar-refractivity contribution in [3.05, 3.63) is 87.9 Å². The fourth-order valence-corrected chi connectivity index (χ4v) is 4.79. The summed E-state index contributed by atoms with van der Waals surface area (Å²) in [5.41, 5.74) is 1.14. The van der Waals surface area contributed by atoms with Crippen molar-refractivity contribution in [2.75, 3.05) is 18.5 Å². The van der Waals surface area contributed by atoms with E-state index in [2.05, 4.69) is 21.2 Å². The summed E-state index contributed by atoms with van der Waals surface area (Å²) in [6, 6.07) is 20.1. The minimum Gasteiger partial charge on any atom is -0.494 e. The van der Waals surface area contributed by atoms with Gasteiger partial charge in [0.25, 0.3) is 0 Å². The molecule has 3 aromatic carbocycles. The van der Waals surface area contributed by atoms with Gasteiger partial charge in [0.05, 0.1) is 18.0 Å². The van der Waals surface area contributed by atoms with E-state index in [1.807, 2.05) is 6.92 Å². The summed E-state index contributed by atoms with van der Waals surface area (Å²) >= 11 is 9.56. The first-order valence-electron chi connectivity index (χ1n) is 9.81. The molecule has 32 heavy (non-hydrogen) atoms. The van der Waals surface area contributed by atoms with Crippen LogP contribution in [0.1, 0.15) is 12.5 Å². The molecular formula is C23H22BrClN2O4S. The second-order valence-electron chi connectivity index (χ2n) is 6.82. The van der Waals surface area contributed by atoms with Gasteiger partial charge in [-0.1, -0.05) is 45.7 Å². The van der Waals surface area contributed by atoms with Crippen LogP contribution in [-0.2, 0) is 21.4 Å². The minimum absolute atomic E-state index is 0.0469. The molecule has 168 valence electrons. The number of amides is 1. The van der Waals surface area contributed by atoms with Gasteiger partial charge in [-0.25, -0.2) is 8.42 Å². The van der Waals surface area contributed by atoms with Crippen molar-refractivity contribution >= 4 is 49.1 Å². The van der Waals surface area contributed by atoms with E-state index in [0.29, 0.717) is 28.6 Å². The van der Waals surface area contributed by atoms with Crippen LogP contribution in [-0.4, -0.2) is 31.8 Å². The molecule has 1 amide bonds. The smallest absolute Gasteiger partial charge is 0.243 e. The highest BCUT2D eigenvalue weighted by Gasteiger charge is 2.27. The lowest BCUT2D eigenvalue weighted by Gasteiger charge is -2.22. The summed E-state index contributed by atoms with van der Waals surface area (Å²) in [5.74, 6) is 0.213. The molecule has 0 unspecified atom stereocenters. The number of hydrogen-bond acceptors (Lipinski definition) is 4. The summed E-state index contributed by atoms with van der Waals surface area (Å²) in [4.78, 5) is 12.8. The van der Waals surface area contributed by atoms with Crippen molar-refractivity contribution < 1.29 is 17.9 Å². The Kier molecular flexibility index (Phi) is 8.31. The first-order valence-corrected chi connectivity index (χ1v) is 12.4. The van der Waals surface area contributed by atoms with Gasteiger partial charge < -0.3 is 10.1 Å². The Hall–Kier alpha value is -2.39. The van der Waals surface area contributed by atoms with Crippen LogP contribution in [0.4, 0.5) is 5.69 Å². The number of benzene rings is 3. The van der Waals surface area contributed by atoms with Gasteiger partial charge in [0.2, 0.25) is 15.9 Å². The standard InChI is InChI=1S/C23H22BrClN2O4S/c1-2-31-20-11-9-19(10-12-20)26-23(28)16-27(15-17-5-3-4-6-22(17)25)32(29,30)21-13-7-18(24)8-14-21/h3-14H,2,15-16H2,1H3,(H,26,28). The molecule has 0 saturated heterocycles. The van der Waals surface area contributed by atoms with Crippen LogP contribution >= 0.6 is 27.5 Å². The lowest BCUT2D eigenvalue weighted by molar-refractivity contribution is -0.116. The molecule has 0 fully saturated rings. The van der Waals surface area contributed by atoms with E-state index < -0.39 is 15.9 Å². The molecule has 6 nitrogen and oxygen atoms in total. The van der Waals surface area contributed by atoms with Gasteiger partial charge in [0, 0.05) is 21.7 Å². The summed E-state index contributed by atoms with van der Waals surface area (Å²) in [6.45, 7) is 2.00. The fraction of sp³-hybridized carbons (Fsp3) is 0.174. The van der Waals surface area contributed by atoms with Gasteiger partial charge in [-0.15, -0.1) is 0 Å². The van der Waals surface area contributed by atoms with Gasteiger partial charge in [0.15, 0.2) is 0 Å². The van der Waals surface area contributed by atoms with Crippen LogP contribution in [0.2, 0.25) is 5.02 Å². The quantitative estimate of drug-likeness (QED) is 0.400. The number of sulfonamides is 1. The maximum absolute atomic E-state index is 13.3. The molecular weight excluding hydrogens is 516 g/mol. The van der Waals surface area contributed by atoms with Crippen molar-refractivity contribution in [2.45, 2.75) is 18.4 Å². The first-order chi connectivity index (χ1) is 15.3. The molecule has 0 radical (unpaired) electrons. The molecule has 0 aliphatic heterocycles. The van der Waals surface area contributed by atoms with E-state index in [0.717, 1.165) is 8.78 Å². The molecule has 0 atom stereocenters. The molecule has 3 aromatic rings. The Bertz CT molecular complexity index is 1170. The second kappa shape index (κ2) is 11.0. The third-order valence-electron chi connectivity index (χ3n) is 4.52. The summed E-state index contributed by atoms with van der Waals surface area (Å²) in [7, 11) is -3.96. The number of carbonyl (C=O) groups excluding carboxylic acids is 1. The van der Waals surface area contributed by atoms with Crippen molar-refractivity contribution in [3.63, 3.8) is 0 Å². The Balaban J connectivity index is 1.84. The SMILES string of the molecule is CCOc1ccc(NC(=O)CN(Cc2ccccc2Cl)S(=O)(=O)c2ccc(Br)cc2)cc1. The molecule has 1 N–H and O–H groups in total. The van der Waals surface area contributed by atoms with Crippen molar-refractivity contribution in [2.24, 2.45) is 0 Å². The van der Waals surface area contributed by atoms with E-state index in [-0.39, 0.29) is 18.0 Å². The Labute approximate surface area is 201 Å². The van der Waals surface area contributed by atoms with Crippen LogP contribution in [0.15, 0.2) is 82.2 Å². The highest BCUT2D eigenvalue weighted by atomic mass is 79.9. The zero-order chi connectivity index (χ0) is 23.1. The van der Waals surface area contributed by atoms with E-state index >= 15 is 0 Å². The number of ether oxygens (including phenoxy) is 1. The monoisotopic (exact) mass is 536 g/mol. The zero-order valence-corrected chi connectivity index (χ0v) is 20.5. The number of halogens is 2. The number of rotatable bonds is 9. The molecule has 0 bridgehead atoms. The number of carbonyl (C=O) groups is 1. The average molecular weight is 538 g/mol. The second-order valence-corrected chi connectivity index (χ2v) is 10.1. The molecule has 0 heterocycles. The van der Waals surface area contributed by atoms with Gasteiger partial charge in [-0.2, -0.15) is 4.31 Å². The molecule has 0 saturated carbocycles. The Morgan fingerprint density at radius 1 is 1.03 bits per heavy atom. The lowest BCUT2D eigenvalue weighted by Crippen LogP contribution is -2.37. The van der Waals surface area contributed by atoms with Crippen LogP contribution in [0.3, 0.4) is 0 Å². The number of hydrogen-bond donors (Lipinski definition) is 1. The normalized spacial score (nSPS) is 11.4. The molecule has 9 heteroatoms. The number of nitrogens with one attached hydrogen (secondary N) is 1. The van der Waals surface area contributed by atoms with Gasteiger partial charge in [-0.05, 0) is 67.1 Å². The minimum atomic E-state index is -3.96. The maximum atomic E-state index is 13.3. The topological polar surface area (TPSA) is 75.7 Å². The first kappa shape index (κ1) is 24.3. The van der Waals surface area contributed by atoms with Gasteiger partial charge in [0.1, 0.15) is 5.75 Å². The number of nitrogens with zero attached hydrogens (tertiary/aromatic N) is 1. The number of anilines is 1. The molecule has 0 aromatic heterocycles. The highest BCUT2D eigenvalue weighted by Crippen LogP contribution is 2.24. The van der Waals surface area contributed by atoms with Crippen LogP contribution in [0.5, 0.6) is 5.75 Å². The summed E-state index contributed by atoms with van der Waals surface area (Å²) < 4.78 is 33.9. The van der Waals surface area contributed by atoms with Gasteiger partial charge in [-0.3, -0.25) is 4.79 Å². The molecule has 3 rings (SSSR count). The van der Waals surface area contributed by atoms with E-state index in [9.17, 15) is 13.2 Å². The van der Waals surface area contributed by atoms with Crippen LogP contribution < -0.4 is 10.1 Å². The summed E-state index contributed by atoms with van der Waals surface area (Å²) in [5, 5.41) is 3.16.